The number of hydrogen-bond acceptors (Lipinski definition) is 5. The molecule has 3 aromatic rings. The van der Waals surface area contributed by atoms with Gasteiger partial charge in [0.1, 0.15) is 5.82 Å². The van der Waals surface area contributed by atoms with Gasteiger partial charge in [-0.3, -0.25) is 4.79 Å². The zero-order valence-electron chi connectivity index (χ0n) is 20.7. The molecule has 3 rings (SSSR count). The topological polar surface area (TPSA) is 87.5 Å². The first kappa shape index (κ1) is 25.7. The van der Waals surface area contributed by atoms with Gasteiger partial charge in [0.2, 0.25) is 15.9 Å². The van der Waals surface area contributed by atoms with Gasteiger partial charge in [0.05, 0.1) is 15.9 Å². The molecular formula is C25H35N5O3S. The van der Waals surface area contributed by atoms with E-state index in [2.05, 4.69) is 16.8 Å². The molecule has 1 heterocycles. The van der Waals surface area contributed by atoms with Crippen molar-refractivity contribution in [2.24, 2.45) is 0 Å². The highest BCUT2D eigenvalue weighted by Crippen LogP contribution is 2.23. The molecule has 0 radical (unpaired) electrons. The predicted octanol–water partition coefficient (Wildman–Crippen LogP) is 3.40. The van der Waals surface area contributed by atoms with E-state index in [0.717, 1.165) is 42.0 Å². The lowest BCUT2D eigenvalue weighted by atomic mass is 10.2. The second kappa shape index (κ2) is 11.0. The lowest BCUT2D eigenvalue weighted by molar-refractivity contribution is -0.121. The predicted molar refractivity (Wildman–Crippen MR) is 136 cm³/mol. The molecule has 8 nitrogen and oxygen atoms in total. The number of fused-ring (bicyclic) bond motifs is 1. The van der Waals surface area contributed by atoms with Crippen LogP contribution in [0.4, 0.5) is 5.69 Å². The maximum absolute atomic E-state index is 12.5. The van der Waals surface area contributed by atoms with Crippen LogP contribution in [0, 0.1) is 0 Å². The number of aryl methyl sites for hydroxylation is 2. The molecule has 0 fully saturated rings. The SMILES string of the molecule is CCCCn1c(CCC(=O)NCc2ccc(N(C)C)cc2)nc2cc(S(=O)(=O)N(C)C)ccc21. The van der Waals surface area contributed by atoms with Gasteiger partial charge >= 0.3 is 0 Å². The Morgan fingerprint density at radius 3 is 2.38 bits per heavy atom. The number of carbonyl (C=O) groups excluding carboxylic acids is 1. The van der Waals surface area contributed by atoms with Crippen molar-refractivity contribution in [3.8, 4) is 0 Å². The van der Waals surface area contributed by atoms with Crippen LogP contribution in [0.25, 0.3) is 11.0 Å². The van der Waals surface area contributed by atoms with Gasteiger partial charge in [-0.05, 0) is 42.3 Å². The van der Waals surface area contributed by atoms with Crippen molar-refractivity contribution in [2.45, 2.75) is 50.6 Å². The van der Waals surface area contributed by atoms with Crippen molar-refractivity contribution >= 4 is 32.7 Å². The quantitative estimate of drug-likeness (QED) is 0.450. The van der Waals surface area contributed by atoms with Crippen molar-refractivity contribution < 1.29 is 13.2 Å². The Morgan fingerprint density at radius 2 is 1.76 bits per heavy atom. The number of sulfonamides is 1. The van der Waals surface area contributed by atoms with E-state index in [1.165, 1.54) is 18.4 Å². The molecule has 0 saturated heterocycles. The fraction of sp³-hybridized carbons (Fsp3) is 0.440. The monoisotopic (exact) mass is 485 g/mol. The van der Waals surface area contributed by atoms with Gasteiger partial charge in [-0.15, -0.1) is 0 Å². The second-order valence-electron chi connectivity index (χ2n) is 8.81. The summed E-state index contributed by atoms with van der Waals surface area (Å²) < 4.78 is 28.4. The number of hydrogen-bond donors (Lipinski definition) is 1. The van der Waals surface area contributed by atoms with E-state index in [9.17, 15) is 13.2 Å². The van der Waals surface area contributed by atoms with E-state index >= 15 is 0 Å². The Bertz CT molecular complexity index is 1230. The lowest BCUT2D eigenvalue weighted by Gasteiger charge is -2.13. The van der Waals surface area contributed by atoms with E-state index in [4.69, 9.17) is 4.98 Å². The Balaban J connectivity index is 1.72. The zero-order chi connectivity index (χ0) is 24.9. The van der Waals surface area contributed by atoms with E-state index < -0.39 is 10.0 Å². The van der Waals surface area contributed by atoms with Gasteiger partial charge in [0.15, 0.2) is 0 Å². The van der Waals surface area contributed by atoms with Crippen LogP contribution in [0.2, 0.25) is 0 Å². The first-order valence-corrected chi connectivity index (χ1v) is 13.0. The number of anilines is 1. The molecule has 1 amide bonds. The summed E-state index contributed by atoms with van der Waals surface area (Å²) in [6.07, 6.45) is 2.80. The van der Waals surface area contributed by atoms with Crippen LogP contribution in [0.1, 0.15) is 37.6 Å². The smallest absolute Gasteiger partial charge is 0.242 e. The van der Waals surface area contributed by atoms with Crippen LogP contribution in [-0.4, -0.2) is 56.4 Å². The molecule has 0 atom stereocenters. The fourth-order valence-electron chi connectivity index (χ4n) is 3.71. The molecule has 34 heavy (non-hydrogen) atoms. The van der Waals surface area contributed by atoms with E-state index in [1.807, 2.05) is 49.3 Å². The molecule has 2 aromatic carbocycles. The molecule has 1 aromatic heterocycles. The Labute approximate surface area is 202 Å². The molecule has 0 bridgehead atoms. The minimum Gasteiger partial charge on any atom is -0.378 e. The van der Waals surface area contributed by atoms with Crippen molar-refractivity contribution in [1.82, 2.24) is 19.2 Å². The number of nitrogens with one attached hydrogen (secondary N) is 1. The number of unbranched alkanes of at least 4 members (excludes halogenated alkanes) is 1. The third-order valence-electron chi connectivity index (χ3n) is 5.83. The van der Waals surface area contributed by atoms with E-state index in [0.29, 0.717) is 24.9 Å². The summed E-state index contributed by atoms with van der Waals surface area (Å²) in [6, 6.07) is 13.1. The maximum Gasteiger partial charge on any atom is 0.242 e. The van der Waals surface area contributed by atoms with Crippen molar-refractivity contribution in [3.05, 3.63) is 53.9 Å². The largest absolute Gasteiger partial charge is 0.378 e. The fourth-order valence-corrected chi connectivity index (χ4v) is 4.64. The highest BCUT2D eigenvalue weighted by molar-refractivity contribution is 7.89. The standard InChI is InChI=1S/C25H35N5O3S/c1-6-7-16-30-23-13-12-21(34(32,33)29(4)5)17-22(23)27-24(30)14-15-25(31)26-18-19-8-10-20(11-9-19)28(2)3/h8-13,17H,6-7,14-16,18H2,1-5H3,(H,26,31). The van der Waals surface area contributed by atoms with Gasteiger partial charge in [-0.2, -0.15) is 0 Å². The molecule has 0 aliphatic rings. The summed E-state index contributed by atoms with van der Waals surface area (Å²) in [5, 5.41) is 2.98. The zero-order valence-corrected chi connectivity index (χ0v) is 21.5. The molecule has 0 aliphatic heterocycles. The van der Waals surface area contributed by atoms with E-state index in [1.54, 1.807) is 12.1 Å². The molecule has 0 aliphatic carbocycles. The number of imidazole rings is 1. The third-order valence-corrected chi connectivity index (χ3v) is 7.64. The maximum atomic E-state index is 12.5. The first-order valence-electron chi connectivity index (χ1n) is 11.6. The van der Waals surface area contributed by atoms with Gasteiger partial charge < -0.3 is 14.8 Å². The van der Waals surface area contributed by atoms with Crippen LogP contribution in [0.15, 0.2) is 47.4 Å². The minimum absolute atomic E-state index is 0.0401. The third kappa shape index (κ3) is 5.95. The van der Waals surface area contributed by atoms with Crippen LogP contribution in [0.3, 0.4) is 0 Å². The molecule has 0 saturated carbocycles. The number of aromatic nitrogens is 2. The van der Waals surface area contributed by atoms with Gasteiger partial charge in [-0.25, -0.2) is 17.7 Å². The number of rotatable bonds is 11. The molecule has 1 N–H and O–H groups in total. The number of carbonyl (C=O) groups is 1. The van der Waals surface area contributed by atoms with Crippen LogP contribution < -0.4 is 10.2 Å². The normalized spacial score (nSPS) is 11.8. The summed E-state index contributed by atoms with van der Waals surface area (Å²) in [6.45, 7) is 3.38. The minimum atomic E-state index is -3.54. The van der Waals surface area contributed by atoms with Gasteiger partial charge in [0, 0.05) is 59.8 Å². The Morgan fingerprint density at radius 1 is 1.06 bits per heavy atom. The van der Waals surface area contributed by atoms with Crippen molar-refractivity contribution in [1.29, 1.82) is 0 Å². The van der Waals surface area contributed by atoms with Crippen molar-refractivity contribution in [2.75, 3.05) is 33.1 Å². The molecule has 0 unspecified atom stereocenters. The number of nitrogens with zero attached hydrogens (tertiary/aromatic N) is 4. The highest BCUT2D eigenvalue weighted by Gasteiger charge is 2.20. The van der Waals surface area contributed by atoms with Gasteiger partial charge in [-0.1, -0.05) is 25.5 Å². The summed E-state index contributed by atoms with van der Waals surface area (Å²) in [4.78, 5) is 19.5. The van der Waals surface area contributed by atoms with Crippen LogP contribution in [0.5, 0.6) is 0 Å². The Kier molecular flexibility index (Phi) is 8.33. The van der Waals surface area contributed by atoms with Crippen LogP contribution >= 0.6 is 0 Å². The summed E-state index contributed by atoms with van der Waals surface area (Å²) in [7, 11) is 3.47. The first-order chi connectivity index (χ1) is 16.1. The lowest BCUT2D eigenvalue weighted by Crippen LogP contribution is -2.23. The molecule has 184 valence electrons. The van der Waals surface area contributed by atoms with Crippen molar-refractivity contribution in [3.63, 3.8) is 0 Å². The number of benzene rings is 2. The molecule has 9 heteroatoms. The van der Waals surface area contributed by atoms with Gasteiger partial charge in [0.25, 0.3) is 0 Å². The molecule has 0 spiro atoms. The van der Waals surface area contributed by atoms with E-state index in [-0.39, 0.29) is 10.8 Å². The number of amides is 1. The average Bonchev–Trinajstić information content (AvgIpc) is 3.16. The second-order valence-corrected chi connectivity index (χ2v) is 11.0. The Hall–Kier alpha value is -2.91. The summed E-state index contributed by atoms with van der Waals surface area (Å²) in [5.74, 6) is 0.759. The van der Waals surface area contributed by atoms with Crippen LogP contribution in [-0.2, 0) is 34.3 Å². The molecular weight excluding hydrogens is 450 g/mol. The highest BCUT2D eigenvalue weighted by atomic mass is 32.2. The summed E-state index contributed by atoms with van der Waals surface area (Å²) in [5.41, 5.74) is 3.68. The average molecular weight is 486 g/mol. The summed E-state index contributed by atoms with van der Waals surface area (Å²) >= 11 is 0.